The highest BCUT2D eigenvalue weighted by atomic mass is 32.2. The smallest absolute Gasteiger partial charge is 0.466 e. The molecule has 0 heterocycles. The molecule has 0 saturated carbocycles. The molecule has 164 valence electrons. The van der Waals surface area contributed by atoms with Gasteiger partial charge in [0.25, 0.3) is 0 Å². The van der Waals surface area contributed by atoms with Crippen LogP contribution in [0.4, 0.5) is 13.2 Å². The molecule has 0 aromatic heterocycles. The van der Waals surface area contributed by atoms with E-state index in [4.69, 9.17) is 4.43 Å². The molecule has 6 nitrogen and oxygen atoms in total. The third-order valence-electron chi connectivity index (χ3n) is 5.41. The summed E-state index contributed by atoms with van der Waals surface area (Å²) in [5.74, 6) is -1.43. The first kappa shape index (κ1) is 25.0. The highest BCUT2D eigenvalue weighted by Crippen LogP contribution is 2.44. The van der Waals surface area contributed by atoms with Gasteiger partial charge in [0.1, 0.15) is 5.76 Å². The minimum atomic E-state index is -5.85. The van der Waals surface area contributed by atoms with Crippen LogP contribution in [0.1, 0.15) is 47.0 Å². The summed E-state index contributed by atoms with van der Waals surface area (Å²) in [7, 11) is -6.86. The lowest BCUT2D eigenvalue weighted by Crippen LogP contribution is -2.44. The number of carbonyl (C=O) groups excluding carboxylic acids is 1. The zero-order valence-electron chi connectivity index (χ0n) is 17.3. The van der Waals surface area contributed by atoms with Gasteiger partial charge in [-0.05, 0) is 36.4 Å². The summed E-state index contributed by atoms with van der Waals surface area (Å²) >= 11 is 0. The lowest BCUT2D eigenvalue weighted by atomic mass is 9.75. The largest absolute Gasteiger partial charge is 0.534 e. The molecule has 0 aromatic rings. The molecule has 0 fully saturated rings. The second-order valence-corrected chi connectivity index (χ2v) is 15.3. The molecule has 0 amide bonds. The van der Waals surface area contributed by atoms with Gasteiger partial charge in [0.15, 0.2) is 8.32 Å². The predicted octanol–water partition coefficient (Wildman–Crippen LogP) is 4.49. The first-order chi connectivity index (χ1) is 12.4. The monoisotopic (exact) mass is 446 g/mol. The Bertz CT molecular complexity index is 737. The summed E-state index contributed by atoms with van der Waals surface area (Å²) in [6.45, 7) is 12.5. The molecule has 0 saturated heterocycles. The van der Waals surface area contributed by atoms with Gasteiger partial charge < -0.3 is 13.3 Å². The van der Waals surface area contributed by atoms with Crippen molar-refractivity contribution in [3.05, 3.63) is 11.3 Å². The topological polar surface area (TPSA) is 78.9 Å². The van der Waals surface area contributed by atoms with Crippen molar-refractivity contribution < 1.29 is 39.7 Å². The minimum absolute atomic E-state index is 0.00297. The van der Waals surface area contributed by atoms with E-state index >= 15 is 0 Å². The number of rotatable bonds is 6. The zero-order valence-corrected chi connectivity index (χ0v) is 19.1. The van der Waals surface area contributed by atoms with E-state index in [1.807, 2.05) is 6.92 Å². The van der Waals surface area contributed by atoms with Crippen molar-refractivity contribution in [2.75, 3.05) is 13.7 Å². The van der Waals surface area contributed by atoms with E-state index < -0.39 is 41.1 Å². The van der Waals surface area contributed by atoms with Gasteiger partial charge in [0.2, 0.25) is 0 Å². The fraction of sp³-hybridized carbons (Fsp3) is 0.824. The third kappa shape index (κ3) is 5.72. The summed E-state index contributed by atoms with van der Waals surface area (Å²) in [5.41, 5.74) is -6.34. The molecule has 11 heteroatoms. The van der Waals surface area contributed by atoms with Crippen LogP contribution in [-0.4, -0.2) is 41.9 Å². The maximum absolute atomic E-state index is 12.6. The summed E-state index contributed by atoms with van der Waals surface area (Å²) in [5, 5.41) is -0.0336. The van der Waals surface area contributed by atoms with Gasteiger partial charge in [-0.15, -0.1) is 0 Å². The molecular weight excluding hydrogens is 417 g/mol. The van der Waals surface area contributed by atoms with E-state index in [1.165, 1.54) is 0 Å². The van der Waals surface area contributed by atoms with Gasteiger partial charge in [-0.25, -0.2) is 4.79 Å². The van der Waals surface area contributed by atoms with Crippen LogP contribution in [-0.2, 0) is 28.3 Å². The number of methoxy groups -OCH3 is 1. The number of allylic oxidation sites excluding steroid dienone is 1. The van der Waals surface area contributed by atoms with Crippen molar-refractivity contribution in [2.45, 2.75) is 70.6 Å². The highest BCUT2D eigenvalue weighted by Gasteiger charge is 2.50. The molecule has 0 aromatic carbocycles. The van der Waals surface area contributed by atoms with Crippen molar-refractivity contribution in [3.63, 3.8) is 0 Å². The SMILES string of the molecule is COC(=O)C1=C(OS(=O)(=O)C(F)(F)F)CC[C@](C)(CO[Si](C)(C)C(C)(C)C)C1. The maximum atomic E-state index is 12.6. The number of carbonyl (C=O) groups is 1. The van der Waals surface area contributed by atoms with E-state index in [2.05, 4.69) is 42.8 Å². The average Bonchev–Trinajstić information content (AvgIpc) is 2.52. The molecule has 0 radical (unpaired) electrons. The van der Waals surface area contributed by atoms with E-state index in [-0.39, 0.29) is 23.5 Å². The number of hydrogen-bond acceptors (Lipinski definition) is 6. The van der Waals surface area contributed by atoms with Crippen LogP contribution in [0.5, 0.6) is 0 Å². The quantitative estimate of drug-likeness (QED) is 0.259. The maximum Gasteiger partial charge on any atom is 0.534 e. The lowest BCUT2D eigenvalue weighted by Gasteiger charge is -2.41. The first-order valence-corrected chi connectivity index (χ1v) is 13.1. The first-order valence-electron chi connectivity index (χ1n) is 8.80. The van der Waals surface area contributed by atoms with Gasteiger partial charge in [-0.1, -0.05) is 27.7 Å². The highest BCUT2D eigenvalue weighted by molar-refractivity contribution is 7.87. The Hall–Kier alpha value is -1.07. The van der Waals surface area contributed by atoms with Crippen LogP contribution in [0.25, 0.3) is 0 Å². The van der Waals surface area contributed by atoms with Crippen molar-refractivity contribution >= 4 is 24.4 Å². The van der Waals surface area contributed by atoms with Crippen LogP contribution < -0.4 is 0 Å². The zero-order chi connectivity index (χ0) is 22.2. The Morgan fingerprint density at radius 2 is 1.75 bits per heavy atom. The molecule has 0 unspecified atom stereocenters. The number of ether oxygens (including phenoxy) is 1. The molecule has 1 aliphatic rings. The normalized spacial score (nSPS) is 22.2. The minimum Gasteiger partial charge on any atom is -0.466 e. The summed E-state index contributed by atoms with van der Waals surface area (Å²) in [6.07, 6.45) is 0.166. The lowest BCUT2D eigenvalue weighted by molar-refractivity contribution is -0.137. The Kier molecular flexibility index (Phi) is 7.12. The molecule has 0 bridgehead atoms. The van der Waals surface area contributed by atoms with Crippen LogP contribution in [0, 0.1) is 5.41 Å². The van der Waals surface area contributed by atoms with Gasteiger partial charge in [-0.3, -0.25) is 0 Å². The predicted molar refractivity (Wildman–Crippen MR) is 100 cm³/mol. The van der Waals surface area contributed by atoms with E-state index in [9.17, 15) is 26.4 Å². The summed E-state index contributed by atoms with van der Waals surface area (Å²) < 4.78 is 75.8. The summed E-state index contributed by atoms with van der Waals surface area (Å²) in [6, 6.07) is 0. The second kappa shape index (κ2) is 7.98. The standard InChI is InChI=1S/C17H29F3O6SSi/c1-15(2,3)28(6,7)25-11-16(4)9-8-13(12(10-16)14(21)24-5)26-27(22,23)17(18,19)20/h8-11H2,1-7H3/t16-/m0/s1. The average molecular weight is 447 g/mol. The van der Waals surface area contributed by atoms with Gasteiger partial charge in [0.05, 0.1) is 12.7 Å². The molecule has 0 N–H and O–H groups in total. The van der Waals surface area contributed by atoms with Crippen molar-refractivity contribution in [1.82, 2.24) is 0 Å². The number of esters is 1. The van der Waals surface area contributed by atoms with E-state index in [0.29, 0.717) is 13.0 Å². The van der Waals surface area contributed by atoms with E-state index in [1.54, 1.807) is 0 Å². The summed E-state index contributed by atoms with van der Waals surface area (Å²) in [4.78, 5) is 12.1. The Labute approximate surface area is 165 Å². The van der Waals surface area contributed by atoms with Crippen LogP contribution in [0.3, 0.4) is 0 Å². The van der Waals surface area contributed by atoms with Crippen molar-refractivity contribution in [3.8, 4) is 0 Å². The Morgan fingerprint density at radius 3 is 2.18 bits per heavy atom. The van der Waals surface area contributed by atoms with Gasteiger partial charge >= 0.3 is 21.6 Å². The molecule has 28 heavy (non-hydrogen) atoms. The van der Waals surface area contributed by atoms with Crippen LogP contribution in [0.2, 0.25) is 18.1 Å². The van der Waals surface area contributed by atoms with Crippen molar-refractivity contribution in [2.24, 2.45) is 5.41 Å². The number of hydrogen-bond donors (Lipinski definition) is 0. The second-order valence-electron chi connectivity index (χ2n) is 8.91. The Morgan fingerprint density at radius 1 is 1.21 bits per heavy atom. The molecule has 1 aliphatic carbocycles. The fourth-order valence-corrected chi connectivity index (χ4v) is 4.14. The Balaban J connectivity index is 3.13. The third-order valence-corrected chi connectivity index (χ3v) is 10.9. The van der Waals surface area contributed by atoms with Crippen LogP contribution >= 0.6 is 0 Å². The fourth-order valence-electron chi connectivity index (χ4n) is 2.46. The molecule has 0 spiro atoms. The molecule has 1 atom stereocenters. The van der Waals surface area contributed by atoms with Crippen molar-refractivity contribution in [1.29, 1.82) is 0 Å². The molecule has 0 aliphatic heterocycles. The number of alkyl halides is 3. The van der Waals surface area contributed by atoms with Gasteiger partial charge in [-0.2, -0.15) is 21.6 Å². The molecule has 1 rings (SSSR count). The van der Waals surface area contributed by atoms with E-state index in [0.717, 1.165) is 7.11 Å². The number of halogens is 3. The molecular formula is C17H29F3O6SSi. The van der Waals surface area contributed by atoms with Crippen LogP contribution in [0.15, 0.2) is 11.3 Å². The van der Waals surface area contributed by atoms with Gasteiger partial charge in [0, 0.05) is 13.0 Å².